The van der Waals surface area contributed by atoms with Crippen molar-refractivity contribution in [2.24, 2.45) is 0 Å². The van der Waals surface area contributed by atoms with E-state index in [0.29, 0.717) is 31.7 Å². The van der Waals surface area contributed by atoms with Crippen LogP contribution in [0.15, 0.2) is 42.7 Å². The molecular formula is C28H36ClN5O2. The Balaban J connectivity index is 1.33. The minimum absolute atomic E-state index is 0.231. The standard InChI is InChI=1S/C28H36ClN5O2/c1-4-36-28(35)33-15-13-32(14-16-33)26-7-10-30-34-19-23(18-27(26)34)24-6-5-22(17-25(24)29)21-8-11-31(12-9-21)20(2)3/h5-7,10,17-21H,4,8-9,11-16H2,1-3H3. The van der Waals surface area contributed by atoms with Crippen LogP contribution in [0.3, 0.4) is 0 Å². The second-order valence-electron chi connectivity index (χ2n) is 10.1. The summed E-state index contributed by atoms with van der Waals surface area (Å²) >= 11 is 6.85. The van der Waals surface area contributed by atoms with E-state index >= 15 is 0 Å². The summed E-state index contributed by atoms with van der Waals surface area (Å²) in [6.07, 6.45) is 6.01. The van der Waals surface area contributed by atoms with Gasteiger partial charge in [0, 0.05) is 60.8 Å². The van der Waals surface area contributed by atoms with Crippen molar-refractivity contribution < 1.29 is 9.53 Å². The molecule has 0 spiro atoms. The molecule has 36 heavy (non-hydrogen) atoms. The number of carbonyl (C=O) groups excluding carboxylic acids is 1. The predicted molar refractivity (Wildman–Crippen MR) is 145 cm³/mol. The number of fused-ring (bicyclic) bond motifs is 1. The number of piperidine rings is 1. The Labute approximate surface area is 218 Å². The Hall–Kier alpha value is -2.77. The van der Waals surface area contributed by atoms with Gasteiger partial charge in [0.2, 0.25) is 0 Å². The summed E-state index contributed by atoms with van der Waals surface area (Å²) in [5.41, 5.74) is 5.59. The summed E-state index contributed by atoms with van der Waals surface area (Å²) in [7, 11) is 0. The molecule has 192 valence electrons. The van der Waals surface area contributed by atoms with Crippen molar-refractivity contribution in [2.45, 2.75) is 45.6 Å². The van der Waals surface area contributed by atoms with Crippen molar-refractivity contribution in [3.8, 4) is 11.1 Å². The van der Waals surface area contributed by atoms with Crippen LogP contribution in [0.1, 0.15) is 45.1 Å². The van der Waals surface area contributed by atoms with E-state index in [1.807, 2.05) is 23.7 Å². The summed E-state index contributed by atoms with van der Waals surface area (Å²) in [5, 5.41) is 5.34. The Kier molecular flexibility index (Phi) is 7.39. The number of carbonyl (C=O) groups is 1. The number of rotatable bonds is 5. The van der Waals surface area contributed by atoms with Crippen molar-refractivity contribution in [1.29, 1.82) is 0 Å². The first-order valence-electron chi connectivity index (χ1n) is 13.1. The third-order valence-corrected chi connectivity index (χ3v) is 7.98. The molecule has 2 fully saturated rings. The number of ether oxygens (including phenoxy) is 1. The van der Waals surface area contributed by atoms with Gasteiger partial charge in [-0.3, -0.25) is 0 Å². The lowest BCUT2D eigenvalue weighted by Gasteiger charge is -2.35. The van der Waals surface area contributed by atoms with E-state index in [0.717, 1.165) is 53.5 Å². The van der Waals surface area contributed by atoms with Crippen LogP contribution in [0, 0.1) is 0 Å². The van der Waals surface area contributed by atoms with E-state index in [4.69, 9.17) is 16.3 Å². The zero-order chi connectivity index (χ0) is 25.2. The second-order valence-corrected chi connectivity index (χ2v) is 10.5. The fraction of sp³-hybridized carbons (Fsp3) is 0.500. The largest absolute Gasteiger partial charge is 0.450 e. The number of anilines is 1. The zero-order valence-electron chi connectivity index (χ0n) is 21.5. The summed E-state index contributed by atoms with van der Waals surface area (Å²) < 4.78 is 7.08. The van der Waals surface area contributed by atoms with Crippen LogP contribution in [0.2, 0.25) is 5.02 Å². The number of likely N-dealkylation sites (tertiary alicyclic amines) is 1. The Morgan fingerprint density at radius 1 is 1.08 bits per heavy atom. The molecule has 0 unspecified atom stereocenters. The van der Waals surface area contributed by atoms with Crippen molar-refractivity contribution >= 4 is 28.9 Å². The minimum Gasteiger partial charge on any atom is -0.450 e. The van der Waals surface area contributed by atoms with Crippen molar-refractivity contribution in [3.05, 3.63) is 53.3 Å². The lowest BCUT2D eigenvalue weighted by atomic mass is 9.88. The maximum Gasteiger partial charge on any atom is 0.409 e. The SMILES string of the molecule is CCOC(=O)N1CCN(c2ccnn3cc(-c4ccc(C5CCN(C(C)C)CC5)cc4Cl)cc23)CC1. The molecule has 0 saturated carbocycles. The van der Waals surface area contributed by atoms with Gasteiger partial charge >= 0.3 is 6.09 Å². The van der Waals surface area contributed by atoms with E-state index < -0.39 is 0 Å². The molecule has 0 N–H and O–H groups in total. The number of hydrogen-bond donors (Lipinski definition) is 0. The van der Waals surface area contributed by atoms with E-state index in [-0.39, 0.29) is 6.09 Å². The number of halogens is 1. The fourth-order valence-electron chi connectivity index (χ4n) is 5.53. The molecule has 5 rings (SSSR count). The quantitative estimate of drug-likeness (QED) is 0.453. The van der Waals surface area contributed by atoms with E-state index in [1.54, 1.807) is 4.90 Å². The number of piperazine rings is 1. The lowest BCUT2D eigenvalue weighted by molar-refractivity contribution is 0.105. The van der Waals surface area contributed by atoms with Crippen LogP contribution < -0.4 is 4.90 Å². The Morgan fingerprint density at radius 3 is 2.50 bits per heavy atom. The summed E-state index contributed by atoms with van der Waals surface area (Å²) in [6.45, 7) is 11.9. The van der Waals surface area contributed by atoms with Crippen LogP contribution in [-0.4, -0.2) is 77.4 Å². The van der Waals surface area contributed by atoms with Crippen LogP contribution in [0.25, 0.3) is 16.6 Å². The molecule has 2 saturated heterocycles. The van der Waals surface area contributed by atoms with Crippen LogP contribution in [-0.2, 0) is 4.74 Å². The zero-order valence-corrected chi connectivity index (χ0v) is 22.2. The van der Waals surface area contributed by atoms with Crippen molar-refractivity contribution in [3.63, 3.8) is 0 Å². The number of benzene rings is 1. The first-order valence-corrected chi connectivity index (χ1v) is 13.5. The maximum atomic E-state index is 12.1. The van der Waals surface area contributed by atoms with Gasteiger partial charge < -0.3 is 19.4 Å². The molecule has 0 bridgehead atoms. The highest BCUT2D eigenvalue weighted by molar-refractivity contribution is 6.33. The van der Waals surface area contributed by atoms with Gasteiger partial charge in [0.1, 0.15) is 0 Å². The average Bonchev–Trinajstić information content (AvgIpc) is 3.33. The molecule has 0 radical (unpaired) electrons. The highest BCUT2D eigenvalue weighted by Crippen LogP contribution is 2.36. The molecule has 0 aliphatic carbocycles. The average molecular weight is 510 g/mol. The van der Waals surface area contributed by atoms with Crippen molar-refractivity contribution in [1.82, 2.24) is 19.4 Å². The molecule has 1 aromatic carbocycles. The first-order chi connectivity index (χ1) is 17.4. The summed E-state index contributed by atoms with van der Waals surface area (Å²) in [6, 6.07) is 11.4. The van der Waals surface area contributed by atoms with Crippen LogP contribution in [0.4, 0.5) is 10.5 Å². The first kappa shape index (κ1) is 24.9. The molecule has 8 heteroatoms. The number of amides is 1. The van der Waals surface area contributed by atoms with Crippen molar-refractivity contribution in [2.75, 3.05) is 50.8 Å². The molecule has 7 nitrogen and oxygen atoms in total. The lowest BCUT2D eigenvalue weighted by Crippen LogP contribution is -2.49. The monoisotopic (exact) mass is 509 g/mol. The number of aromatic nitrogens is 2. The van der Waals surface area contributed by atoms with Gasteiger partial charge in [0.25, 0.3) is 0 Å². The highest BCUT2D eigenvalue weighted by atomic mass is 35.5. The third-order valence-electron chi connectivity index (χ3n) is 7.67. The molecule has 2 aliphatic heterocycles. The highest BCUT2D eigenvalue weighted by Gasteiger charge is 2.25. The van der Waals surface area contributed by atoms with Gasteiger partial charge in [-0.2, -0.15) is 5.10 Å². The Bertz CT molecular complexity index is 1210. The van der Waals surface area contributed by atoms with Gasteiger partial charge in [0.05, 0.1) is 17.8 Å². The molecule has 2 aromatic heterocycles. The van der Waals surface area contributed by atoms with E-state index in [1.165, 1.54) is 18.4 Å². The van der Waals surface area contributed by atoms with E-state index in [9.17, 15) is 4.79 Å². The minimum atomic E-state index is -0.231. The topological polar surface area (TPSA) is 53.3 Å². The third kappa shape index (κ3) is 5.04. The summed E-state index contributed by atoms with van der Waals surface area (Å²) in [5.74, 6) is 0.571. The molecule has 4 heterocycles. The van der Waals surface area contributed by atoms with Crippen LogP contribution in [0.5, 0.6) is 0 Å². The molecule has 3 aromatic rings. The fourth-order valence-corrected chi connectivity index (χ4v) is 5.83. The normalized spacial score (nSPS) is 17.8. The van der Waals surface area contributed by atoms with Gasteiger partial charge in [-0.15, -0.1) is 0 Å². The number of nitrogens with zero attached hydrogens (tertiary/aromatic N) is 5. The Morgan fingerprint density at radius 2 is 1.83 bits per heavy atom. The smallest absolute Gasteiger partial charge is 0.409 e. The molecular weight excluding hydrogens is 474 g/mol. The molecule has 0 atom stereocenters. The predicted octanol–water partition coefficient (Wildman–Crippen LogP) is 5.52. The summed E-state index contributed by atoms with van der Waals surface area (Å²) in [4.78, 5) is 18.7. The van der Waals surface area contributed by atoms with Gasteiger partial charge in [-0.1, -0.05) is 23.7 Å². The van der Waals surface area contributed by atoms with E-state index in [2.05, 4.69) is 59.2 Å². The van der Waals surface area contributed by atoms with Crippen LogP contribution >= 0.6 is 11.6 Å². The molecule has 1 amide bonds. The van der Waals surface area contributed by atoms with Gasteiger partial charge in [0.15, 0.2) is 0 Å². The van der Waals surface area contributed by atoms with Gasteiger partial charge in [-0.25, -0.2) is 9.31 Å². The van der Waals surface area contributed by atoms with Gasteiger partial charge in [-0.05, 0) is 76.4 Å². The number of hydrogen-bond acceptors (Lipinski definition) is 5. The second kappa shape index (κ2) is 10.7. The molecule has 2 aliphatic rings. The maximum absolute atomic E-state index is 12.1.